The number of ether oxygens (including phenoxy) is 1. The van der Waals surface area contributed by atoms with Gasteiger partial charge in [0.05, 0.1) is 0 Å². The number of halogens is 1. The van der Waals surface area contributed by atoms with Crippen molar-refractivity contribution in [2.45, 2.75) is 70.9 Å². The van der Waals surface area contributed by atoms with Gasteiger partial charge in [-0.25, -0.2) is 0 Å². The van der Waals surface area contributed by atoms with Crippen molar-refractivity contribution < 1.29 is 14.3 Å². The maximum absolute atomic E-state index is 12.6. The van der Waals surface area contributed by atoms with Crippen molar-refractivity contribution in [1.82, 2.24) is 10.2 Å². The fourth-order valence-electron chi connectivity index (χ4n) is 4.21. The van der Waals surface area contributed by atoms with Crippen molar-refractivity contribution in [3.63, 3.8) is 0 Å². The smallest absolute Gasteiger partial charge is 0.260 e. The number of rotatable bonds is 5. The number of piperidine rings is 1. The molecule has 2 amide bonds. The monoisotopic (exact) mass is 423 g/mol. The van der Waals surface area contributed by atoms with E-state index in [0.29, 0.717) is 11.3 Å². The number of amides is 2. The number of benzene rings is 1. The minimum atomic E-state index is -0.0531. The van der Waals surface area contributed by atoms with Crippen LogP contribution in [0.1, 0.15) is 66.4 Å². The Balaban J connectivity index is 0.00000300. The number of aryl methyl sites for hydroxylation is 2. The summed E-state index contributed by atoms with van der Waals surface area (Å²) in [6.45, 7) is 5.54. The molecule has 0 aromatic heterocycles. The Morgan fingerprint density at radius 1 is 1.07 bits per heavy atom. The second-order valence-electron chi connectivity index (χ2n) is 8.25. The van der Waals surface area contributed by atoms with Crippen LogP contribution in [-0.4, -0.2) is 48.5 Å². The zero-order valence-corrected chi connectivity index (χ0v) is 18.4. The van der Waals surface area contributed by atoms with Crippen molar-refractivity contribution >= 4 is 24.2 Å². The quantitative estimate of drug-likeness (QED) is 0.761. The van der Waals surface area contributed by atoms with Gasteiger partial charge in [-0.05, 0) is 82.1 Å². The van der Waals surface area contributed by atoms with Crippen LogP contribution in [0.3, 0.4) is 0 Å². The Bertz CT molecular complexity index is 688. The Morgan fingerprint density at radius 2 is 1.66 bits per heavy atom. The van der Waals surface area contributed by atoms with Crippen molar-refractivity contribution in [3.8, 4) is 5.75 Å². The van der Waals surface area contributed by atoms with Gasteiger partial charge in [-0.2, -0.15) is 0 Å². The molecule has 7 heteroatoms. The van der Waals surface area contributed by atoms with E-state index in [2.05, 4.69) is 5.32 Å². The first-order valence-electron chi connectivity index (χ1n) is 10.5. The first kappa shape index (κ1) is 23.5. The van der Waals surface area contributed by atoms with E-state index in [-0.39, 0.29) is 42.9 Å². The molecule has 6 nitrogen and oxygen atoms in total. The molecule has 0 unspecified atom stereocenters. The van der Waals surface area contributed by atoms with Gasteiger partial charge in [0.1, 0.15) is 5.75 Å². The maximum Gasteiger partial charge on any atom is 0.260 e. The van der Waals surface area contributed by atoms with E-state index in [1.54, 1.807) is 0 Å². The summed E-state index contributed by atoms with van der Waals surface area (Å²) >= 11 is 0. The van der Waals surface area contributed by atoms with Gasteiger partial charge in [0, 0.05) is 30.7 Å². The normalized spacial score (nSPS) is 21.8. The summed E-state index contributed by atoms with van der Waals surface area (Å²) < 4.78 is 5.84. The third kappa shape index (κ3) is 6.34. The Labute approximate surface area is 179 Å². The standard InChI is InChI=1S/C22H33N3O3.ClH/c1-15-12-17(22(27)24-19-8-6-18(23)7-9-19)13-16(2)21(15)28-14-20(26)25-10-4-3-5-11-25;/h12-13,18-19H,3-11,14,23H2,1-2H3,(H,24,27);1H. The van der Waals surface area contributed by atoms with Gasteiger partial charge in [-0.1, -0.05) is 0 Å². The average molecular weight is 424 g/mol. The predicted octanol–water partition coefficient (Wildman–Crippen LogP) is 3.12. The van der Waals surface area contributed by atoms with Crippen LogP contribution >= 0.6 is 12.4 Å². The topological polar surface area (TPSA) is 84.7 Å². The number of likely N-dealkylation sites (tertiary alicyclic amines) is 1. The molecule has 0 bridgehead atoms. The highest BCUT2D eigenvalue weighted by Gasteiger charge is 2.22. The number of hydrogen-bond donors (Lipinski definition) is 2. The maximum atomic E-state index is 12.6. The lowest BCUT2D eigenvalue weighted by Crippen LogP contribution is -2.40. The first-order valence-corrected chi connectivity index (χ1v) is 10.5. The molecule has 0 radical (unpaired) electrons. The second kappa shape index (κ2) is 10.8. The molecule has 3 rings (SSSR count). The van der Waals surface area contributed by atoms with Crippen LogP contribution in [0.2, 0.25) is 0 Å². The van der Waals surface area contributed by atoms with Crippen LogP contribution in [0, 0.1) is 13.8 Å². The molecule has 3 N–H and O–H groups in total. The first-order chi connectivity index (χ1) is 13.4. The van der Waals surface area contributed by atoms with E-state index in [4.69, 9.17) is 10.5 Å². The number of carbonyl (C=O) groups excluding carboxylic acids is 2. The predicted molar refractivity (Wildman–Crippen MR) is 117 cm³/mol. The highest BCUT2D eigenvalue weighted by atomic mass is 35.5. The summed E-state index contributed by atoms with van der Waals surface area (Å²) in [5, 5.41) is 3.13. The lowest BCUT2D eigenvalue weighted by Gasteiger charge is -2.27. The number of carbonyl (C=O) groups is 2. The van der Waals surface area contributed by atoms with Gasteiger partial charge in [-0.15, -0.1) is 12.4 Å². The molecule has 1 saturated heterocycles. The molecule has 1 aliphatic heterocycles. The van der Waals surface area contributed by atoms with E-state index >= 15 is 0 Å². The van der Waals surface area contributed by atoms with Crippen LogP contribution in [0.5, 0.6) is 5.75 Å². The van der Waals surface area contributed by atoms with Crippen molar-refractivity contribution in [2.75, 3.05) is 19.7 Å². The Kier molecular flexibility index (Phi) is 8.78. The van der Waals surface area contributed by atoms with E-state index in [9.17, 15) is 9.59 Å². The van der Waals surface area contributed by atoms with Gasteiger partial charge >= 0.3 is 0 Å². The van der Waals surface area contributed by atoms with Crippen molar-refractivity contribution in [3.05, 3.63) is 28.8 Å². The Hall–Kier alpha value is -1.79. The molecule has 1 aromatic carbocycles. The number of nitrogens with one attached hydrogen (secondary N) is 1. The summed E-state index contributed by atoms with van der Waals surface area (Å²) in [6, 6.07) is 4.16. The van der Waals surface area contributed by atoms with Crippen molar-refractivity contribution in [2.24, 2.45) is 5.73 Å². The summed E-state index contributed by atoms with van der Waals surface area (Å²) in [6.07, 6.45) is 7.12. The number of hydrogen-bond acceptors (Lipinski definition) is 4. The number of nitrogens with two attached hydrogens (primary N) is 1. The van der Waals surface area contributed by atoms with Crippen LogP contribution in [-0.2, 0) is 4.79 Å². The molecule has 1 heterocycles. The average Bonchev–Trinajstić information content (AvgIpc) is 2.69. The molecule has 2 aliphatic rings. The van der Waals surface area contributed by atoms with E-state index in [1.807, 2.05) is 30.9 Å². The molecule has 29 heavy (non-hydrogen) atoms. The molecular weight excluding hydrogens is 390 g/mol. The number of nitrogens with zero attached hydrogens (tertiary/aromatic N) is 1. The molecule has 0 atom stereocenters. The van der Waals surface area contributed by atoms with E-state index < -0.39 is 0 Å². The molecule has 1 aliphatic carbocycles. The highest BCUT2D eigenvalue weighted by Crippen LogP contribution is 2.26. The molecule has 162 valence electrons. The third-order valence-electron chi connectivity index (χ3n) is 5.88. The van der Waals surface area contributed by atoms with E-state index in [1.165, 1.54) is 6.42 Å². The summed E-state index contributed by atoms with van der Waals surface area (Å²) in [7, 11) is 0. The summed E-state index contributed by atoms with van der Waals surface area (Å²) in [5.74, 6) is 0.684. The fourth-order valence-corrected chi connectivity index (χ4v) is 4.21. The van der Waals surface area contributed by atoms with Crippen LogP contribution < -0.4 is 15.8 Å². The molecule has 1 aromatic rings. The minimum absolute atomic E-state index is 0. The van der Waals surface area contributed by atoms with Crippen molar-refractivity contribution in [1.29, 1.82) is 0 Å². The SMILES string of the molecule is Cc1cc(C(=O)NC2CCC(N)CC2)cc(C)c1OCC(=O)N1CCCCC1.Cl. The fraction of sp³-hybridized carbons (Fsp3) is 0.636. The molecule has 1 saturated carbocycles. The minimum Gasteiger partial charge on any atom is -0.483 e. The van der Waals surface area contributed by atoms with Gasteiger partial charge < -0.3 is 20.7 Å². The van der Waals surface area contributed by atoms with E-state index in [0.717, 1.165) is 62.7 Å². The zero-order valence-electron chi connectivity index (χ0n) is 17.5. The molecule has 2 fully saturated rings. The largest absolute Gasteiger partial charge is 0.483 e. The van der Waals surface area contributed by atoms with Gasteiger partial charge in [-0.3, -0.25) is 9.59 Å². The van der Waals surface area contributed by atoms with Crippen LogP contribution in [0.4, 0.5) is 0 Å². The van der Waals surface area contributed by atoms with Crippen LogP contribution in [0.25, 0.3) is 0 Å². The Morgan fingerprint density at radius 3 is 2.24 bits per heavy atom. The lowest BCUT2D eigenvalue weighted by molar-refractivity contribution is -0.134. The summed E-state index contributed by atoms with van der Waals surface area (Å²) in [4.78, 5) is 26.9. The zero-order chi connectivity index (χ0) is 20.1. The molecular formula is C22H34ClN3O3. The van der Waals surface area contributed by atoms with Gasteiger partial charge in [0.25, 0.3) is 11.8 Å². The highest BCUT2D eigenvalue weighted by molar-refractivity contribution is 5.95. The lowest BCUT2D eigenvalue weighted by atomic mass is 9.91. The second-order valence-corrected chi connectivity index (χ2v) is 8.25. The third-order valence-corrected chi connectivity index (χ3v) is 5.88. The van der Waals surface area contributed by atoms with Gasteiger partial charge in [0.2, 0.25) is 0 Å². The molecule has 0 spiro atoms. The van der Waals surface area contributed by atoms with Crippen LogP contribution in [0.15, 0.2) is 12.1 Å². The summed E-state index contributed by atoms with van der Waals surface area (Å²) in [5.41, 5.74) is 8.33. The van der Waals surface area contributed by atoms with Gasteiger partial charge in [0.15, 0.2) is 6.61 Å².